The number of nitrogens with one attached hydrogen (secondary N) is 3. The summed E-state index contributed by atoms with van der Waals surface area (Å²) in [5.74, 6) is -0.528. The molecule has 5 rings (SSSR count). The first-order valence-corrected chi connectivity index (χ1v) is 12.4. The van der Waals surface area contributed by atoms with Gasteiger partial charge in [0.1, 0.15) is 6.33 Å². The number of carbonyl (C=O) groups is 2. The largest absolute Gasteiger partial charge is 0.390 e. The molecule has 37 heavy (non-hydrogen) atoms. The molecule has 1 aliphatic carbocycles. The number of aliphatic hydroxyl groups is 1. The molecule has 1 saturated heterocycles. The summed E-state index contributed by atoms with van der Waals surface area (Å²) in [6.45, 7) is 3.91. The van der Waals surface area contributed by atoms with Crippen molar-refractivity contribution in [3.63, 3.8) is 0 Å². The number of benzene rings is 2. The molecule has 4 N–H and O–H groups in total. The number of rotatable bonds is 6. The van der Waals surface area contributed by atoms with Gasteiger partial charge in [0, 0.05) is 35.5 Å². The van der Waals surface area contributed by atoms with E-state index >= 15 is 0 Å². The molecule has 3 aromatic rings. The summed E-state index contributed by atoms with van der Waals surface area (Å²) in [6, 6.07) is 13.5. The third kappa shape index (κ3) is 4.70. The normalized spacial score (nSPS) is 23.8. The topological polar surface area (TPSA) is 131 Å². The molecule has 0 bridgehead atoms. The van der Waals surface area contributed by atoms with E-state index in [4.69, 9.17) is 5.41 Å². The molecule has 0 spiro atoms. The molecule has 190 valence electrons. The van der Waals surface area contributed by atoms with Gasteiger partial charge in [0.15, 0.2) is 5.96 Å². The SMILES string of the molecule is CCC1(C)CC(=O)N([C@H](c2cncnc2)c2cccc(C(=O)N[C@@H]3c4ccccc4C[C@H]3O)c2)C(=N)N1. The fraction of sp³-hybridized carbons (Fsp3) is 0.321. The Labute approximate surface area is 215 Å². The number of fused-ring (bicyclic) bond motifs is 1. The Morgan fingerprint density at radius 2 is 1.97 bits per heavy atom. The molecule has 2 heterocycles. The highest BCUT2D eigenvalue weighted by Crippen LogP contribution is 2.34. The van der Waals surface area contributed by atoms with Crippen LogP contribution in [-0.4, -0.2) is 49.4 Å². The average molecular weight is 499 g/mol. The highest BCUT2D eigenvalue weighted by Gasteiger charge is 2.41. The number of nitrogens with zero attached hydrogens (tertiary/aromatic N) is 3. The first-order valence-electron chi connectivity index (χ1n) is 12.4. The predicted molar refractivity (Wildman–Crippen MR) is 138 cm³/mol. The lowest BCUT2D eigenvalue weighted by molar-refractivity contribution is -0.131. The summed E-state index contributed by atoms with van der Waals surface area (Å²) in [7, 11) is 0. The number of aliphatic hydroxyl groups excluding tert-OH is 1. The van der Waals surface area contributed by atoms with Crippen molar-refractivity contribution in [2.24, 2.45) is 0 Å². The Morgan fingerprint density at radius 3 is 2.70 bits per heavy atom. The van der Waals surface area contributed by atoms with Crippen LogP contribution in [0.5, 0.6) is 0 Å². The van der Waals surface area contributed by atoms with Gasteiger partial charge < -0.3 is 15.7 Å². The minimum atomic E-state index is -0.704. The highest BCUT2D eigenvalue weighted by molar-refractivity contribution is 6.00. The third-order valence-corrected chi connectivity index (χ3v) is 7.36. The summed E-state index contributed by atoms with van der Waals surface area (Å²) in [5, 5.41) is 25.4. The summed E-state index contributed by atoms with van der Waals surface area (Å²) in [6.07, 6.45) is 5.35. The van der Waals surface area contributed by atoms with Crippen molar-refractivity contribution < 1.29 is 14.7 Å². The fourth-order valence-corrected chi connectivity index (χ4v) is 5.19. The Balaban J connectivity index is 1.47. The van der Waals surface area contributed by atoms with E-state index in [1.54, 1.807) is 30.6 Å². The minimum absolute atomic E-state index is 0.00464. The molecule has 1 unspecified atom stereocenters. The van der Waals surface area contributed by atoms with Crippen LogP contribution in [0.3, 0.4) is 0 Å². The van der Waals surface area contributed by atoms with Crippen LogP contribution < -0.4 is 10.6 Å². The van der Waals surface area contributed by atoms with Crippen LogP contribution >= 0.6 is 0 Å². The Bertz CT molecular complexity index is 1330. The maximum absolute atomic E-state index is 13.4. The Kier molecular flexibility index (Phi) is 6.47. The molecule has 0 radical (unpaired) electrons. The van der Waals surface area contributed by atoms with Crippen LogP contribution in [0.4, 0.5) is 0 Å². The second kappa shape index (κ2) is 9.74. The van der Waals surface area contributed by atoms with E-state index in [0.29, 0.717) is 29.5 Å². The lowest BCUT2D eigenvalue weighted by atomic mass is 9.89. The van der Waals surface area contributed by atoms with Gasteiger partial charge in [-0.25, -0.2) is 9.97 Å². The van der Waals surface area contributed by atoms with Gasteiger partial charge in [0.25, 0.3) is 5.91 Å². The van der Waals surface area contributed by atoms with Crippen molar-refractivity contribution >= 4 is 17.8 Å². The van der Waals surface area contributed by atoms with Crippen LogP contribution in [0.25, 0.3) is 0 Å². The predicted octanol–water partition coefficient (Wildman–Crippen LogP) is 2.88. The molecule has 2 aliphatic rings. The fourth-order valence-electron chi connectivity index (χ4n) is 5.19. The lowest BCUT2D eigenvalue weighted by Gasteiger charge is -2.43. The van der Waals surface area contributed by atoms with Gasteiger partial charge in [-0.3, -0.25) is 19.9 Å². The maximum atomic E-state index is 13.4. The monoisotopic (exact) mass is 498 g/mol. The molecule has 2 amide bonds. The van der Waals surface area contributed by atoms with Gasteiger partial charge in [0.05, 0.1) is 24.6 Å². The van der Waals surface area contributed by atoms with Crippen molar-refractivity contribution in [3.05, 3.63) is 95.1 Å². The van der Waals surface area contributed by atoms with Gasteiger partial charge in [-0.05, 0) is 42.2 Å². The molecular weight excluding hydrogens is 468 g/mol. The minimum Gasteiger partial charge on any atom is -0.390 e. The molecule has 1 aromatic heterocycles. The van der Waals surface area contributed by atoms with E-state index in [-0.39, 0.29) is 24.2 Å². The molecule has 9 heteroatoms. The molecule has 2 aromatic carbocycles. The first kappa shape index (κ1) is 24.6. The smallest absolute Gasteiger partial charge is 0.251 e. The van der Waals surface area contributed by atoms with Crippen molar-refractivity contribution in [1.82, 2.24) is 25.5 Å². The van der Waals surface area contributed by atoms with Gasteiger partial charge in [-0.15, -0.1) is 0 Å². The summed E-state index contributed by atoms with van der Waals surface area (Å²) < 4.78 is 0. The zero-order valence-electron chi connectivity index (χ0n) is 20.8. The van der Waals surface area contributed by atoms with E-state index in [1.807, 2.05) is 44.2 Å². The van der Waals surface area contributed by atoms with Crippen LogP contribution in [0.15, 0.2) is 67.3 Å². The lowest BCUT2D eigenvalue weighted by Crippen LogP contribution is -2.61. The van der Waals surface area contributed by atoms with Gasteiger partial charge in [0.2, 0.25) is 5.91 Å². The summed E-state index contributed by atoms with van der Waals surface area (Å²) in [4.78, 5) is 36.3. The maximum Gasteiger partial charge on any atom is 0.251 e. The van der Waals surface area contributed by atoms with Crippen LogP contribution in [0, 0.1) is 5.41 Å². The number of carbonyl (C=O) groups excluding carboxylic acids is 2. The van der Waals surface area contributed by atoms with Crippen molar-refractivity contribution in [3.8, 4) is 0 Å². The Hall–Kier alpha value is -4.11. The second-order valence-corrected chi connectivity index (χ2v) is 9.95. The molecule has 0 saturated carbocycles. The number of hydrogen-bond donors (Lipinski definition) is 4. The summed E-state index contributed by atoms with van der Waals surface area (Å²) >= 11 is 0. The zero-order chi connectivity index (χ0) is 26.2. The number of amides is 2. The Morgan fingerprint density at radius 1 is 1.22 bits per heavy atom. The number of guanidine groups is 1. The van der Waals surface area contributed by atoms with E-state index in [9.17, 15) is 14.7 Å². The van der Waals surface area contributed by atoms with Gasteiger partial charge in [-0.1, -0.05) is 43.3 Å². The van der Waals surface area contributed by atoms with Gasteiger partial charge in [-0.2, -0.15) is 0 Å². The van der Waals surface area contributed by atoms with E-state index in [0.717, 1.165) is 11.1 Å². The van der Waals surface area contributed by atoms with Crippen LogP contribution in [0.2, 0.25) is 0 Å². The van der Waals surface area contributed by atoms with Crippen LogP contribution in [0.1, 0.15) is 71.4 Å². The zero-order valence-corrected chi connectivity index (χ0v) is 20.8. The van der Waals surface area contributed by atoms with E-state index < -0.39 is 23.7 Å². The average Bonchev–Trinajstić information content (AvgIpc) is 3.21. The van der Waals surface area contributed by atoms with E-state index in [2.05, 4.69) is 20.6 Å². The quantitative estimate of drug-likeness (QED) is 0.413. The third-order valence-electron chi connectivity index (χ3n) is 7.36. The first-order chi connectivity index (χ1) is 17.8. The molecular formula is C28H30N6O3. The van der Waals surface area contributed by atoms with Crippen molar-refractivity contribution in [2.45, 2.75) is 56.8 Å². The molecule has 1 aliphatic heterocycles. The number of aromatic nitrogens is 2. The molecule has 4 atom stereocenters. The van der Waals surface area contributed by atoms with Gasteiger partial charge >= 0.3 is 0 Å². The summed E-state index contributed by atoms with van der Waals surface area (Å²) in [5.41, 5.74) is 3.10. The van der Waals surface area contributed by atoms with Crippen molar-refractivity contribution in [2.75, 3.05) is 0 Å². The molecule has 1 fully saturated rings. The van der Waals surface area contributed by atoms with E-state index in [1.165, 1.54) is 11.2 Å². The van der Waals surface area contributed by atoms with Crippen molar-refractivity contribution in [1.29, 1.82) is 5.41 Å². The van der Waals surface area contributed by atoms with Crippen LogP contribution in [-0.2, 0) is 11.2 Å². The number of hydrogen-bond acceptors (Lipinski definition) is 6. The highest BCUT2D eigenvalue weighted by atomic mass is 16.3. The standard InChI is InChI=1S/C28H30N6O3/c1-3-28(2)13-23(36)34(27(29)33-28)25(20-14-30-16-31-15-20)18-8-6-9-19(11-18)26(37)32-24-21-10-5-4-7-17(21)12-22(24)35/h4-11,14-16,22,24-25,35H,3,12-13H2,1-2H3,(H2,29,33)(H,32,37)/t22-,24-,25+,28?/m1/s1. The second-order valence-electron chi connectivity index (χ2n) is 9.95. The molecule has 9 nitrogen and oxygen atoms in total.